The van der Waals surface area contributed by atoms with Gasteiger partial charge in [0.1, 0.15) is 0 Å². The van der Waals surface area contributed by atoms with Crippen molar-refractivity contribution < 1.29 is 13.2 Å². The van der Waals surface area contributed by atoms with Crippen LogP contribution in [0.3, 0.4) is 0 Å². The van der Waals surface area contributed by atoms with Gasteiger partial charge >= 0.3 is 0 Å². The second-order valence-corrected chi connectivity index (χ2v) is 8.43. The molecule has 3 aromatic rings. The predicted octanol–water partition coefficient (Wildman–Crippen LogP) is 2.58. The number of sulfonamides is 1. The molecule has 8 heteroatoms. The van der Waals surface area contributed by atoms with Crippen LogP contribution in [0.25, 0.3) is 10.9 Å². The number of nitrogens with zero attached hydrogens (tertiary/aromatic N) is 2. The maximum Gasteiger partial charge on any atom is 0.268 e. The van der Waals surface area contributed by atoms with Crippen LogP contribution < -0.4 is 9.46 Å². The van der Waals surface area contributed by atoms with Crippen molar-refractivity contribution in [3.8, 4) is 5.88 Å². The Morgan fingerprint density at radius 2 is 2.17 bits per heavy atom. The summed E-state index contributed by atoms with van der Waals surface area (Å²) in [5.41, 5.74) is 1.15. The Kier molecular flexibility index (Phi) is 3.14. The number of anilines is 1. The van der Waals surface area contributed by atoms with Gasteiger partial charge in [-0.25, -0.2) is 13.1 Å². The minimum Gasteiger partial charge on any atom is -0.476 e. The number of H-pyrrole nitrogens is 1. The highest BCUT2D eigenvalue weighted by molar-refractivity contribution is 7.92. The number of aromatic nitrogens is 3. The Hall–Kier alpha value is -2.48. The highest BCUT2D eigenvalue weighted by Gasteiger charge is 2.33. The molecule has 1 aromatic carbocycles. The van der Waals surface area contributed by atoms with Gasteiger partial charge in [0.15, 0.2) is 4.90 Å². The van der Waals surface area contributed by atoms with Crippen molar-refractivity contribution in [3.05, 3.63) is 36.7 Å². The Morgan fingerprint density at radius 3 is 3.00 bits per heavy atom. The van der Waals surface area contributed by atoms with Crippen LogP contribution in [-0.2, 0) is 16.6 Å². The van der Waals surface area contributed by atoms with E-state index in [9.17, 15) is 8.42 Å². The predicted molar refractivity (Wildman–Crippen MR) is 90.6 cm³/mol. The summed E-state index contributed by atoms with van der Waals surface area (Å²) in [6, 6.07) is 7.33. The summed E-state index contributed by atoms with van der Waals surface area (Å²) in [7, 11) is -3.80. The van der Waals surface area contributed by atoms with Gasteiger partial charge in [0.05, 0.1) is 30.6 Å². The van der Waals surface area contributed by atoms with Gasteiger partial charge in [-0.2, -0.15) is 5.10 Å². The molecule has 0 saturated carbocycles. The van der Waals surface area contributed by atoms with Crippen LogP contribution in [0.15, 0.2) is 41.6 Å². The van der Waals surface area contributed by atoms with Crippen LogP contribution in [0.1, 0.15) is 13.8 Å². The fraction of sp³-hybridized carbons (Fsp3) is 0.312. The summed E-state index contributed by atoms with van der Waals surface area (Å²) >= 11 is 0. The van der Waals surface area contributed by atoms with Gasteiger partial charge in [0, 0.05) is 17.0 Å². The lowest BCUT2D eigenvalue weighted by atomic mass is 9.94. The molecule has 0 saturated heterocycles. The van der Waals surface area contributed by atoms with E-state index in [1.165, 1.54) is 6.20 Å². The second kappa shape index (κ2) is 5.01. The number of aromatic amines is 1. The van der Waals surface area contributed by atoms with Crippen molar-refractivity contribution in [3.63, 3.8) is 0 Å². The smallest absolute Gasteiger partial charge is 0.268 e. The molecule has 0 bridgehead atoms. The van der Waals surface area contributed by atoms with E-state index in [2.05, 4.69) is 28.7 Å². The minimum absolute atomic E-state index is 0.0570. The summed E-state index contributed by atoms with van der Waals surface area (Å²) in [5, 5.41) is 5.11. The number of ether oxygens (including phenoxy) is 1. The van der Waals surface area contributed by atoms with Crippen LogP contribution >= 0.6 is 0 Å². The van der Waals surface area contributed by atoms with Crippen LogP contribution in [0.4, 0.5) is 5.69 Å². The normalized spacial score (nSPS) is 16.6. The van der Waals surface area contributed by atoms with E-state index in [0.29, 0.717) is 24.7 Å². The molecule has 4 rings (SSSR count). The molecule has 0 amide bonds. The number of nitrogens with one attached hydrogen (secondary N) is 2. The maximum absolute atomic E-state index is 12.8. The summed E-state index contributed by atoms with van der Waals surface area (Å²) in [6.07, 6.45) is 3.11. The van der Waals surface area contributed by atoms with E-state index >= 15 is 0 Å². The molecule has 2 N–H and O–H groups in total. The molecule has 24 heavy (non-hydrogen) atoms. The first-order valence-electron chi connectivity index (χ1n) is 7.63. The van der Waals surface area contributed by atoms with Crippen LogP contribution in [0.5, 0.6) is 5.88 Å². The fourth-order valence-corrected chi connectivity index (χ4v) is 4.03. The SMILES string of the molecule is CC1(C)COc2c(S(=O)(=O)Nc3cccc4cc[nH]c34)cnn2C1. The largest absolute Gasteiger partial charge is 0.476 e. The first-order chi connectivity index (χ1) is 11.4. The van der Waals surface area contributed by atoms with Gasteiger partial charge in [-0.3, -0.25) is 4.72 Å². The van der Waals surface area contributed by atoms with Gasteiger partial charge in [-0.1, -0.05) is 26.0 Å². The topological polar surface area (TPSA) is 89.0 Å². The first kappa shape index (κ1) is 15.1. The van der Waals surface area contributed by atoms with E-state index in [0.717, 1.165) is 10.9 Å². The lowest BCUT2D eigenvalue weighted by Gasteiger charge is -2.30. The van der Waals surface area contributed by atoms with Crippen LogP contribution in [-0.4, -0.2) is 29.8 Å². The molecule has 2 aromatic heterocycles. The highest BCUT2D eigenvalue weighted by atomic mass is 32.2. The maximum atomic E-state index is 12.8. The quantitative estimate of drug-likeness (QED) is 0.763. The molecule has 126 valence electrons. The number of hydrogen-bond donors (Lipinski definition) is 2. The van der Waals surface area contributed by atoms with Crippen molar-refractivity contribution in [2.75, 3.05) is 11.3 Å². The van der Waals surface area contributed by atoms with Crippen molar-refractivity contribution in [1.82, 2.24) is 14.8 Å². The van der Waals surface area contributed by atoms with Crippen molar-refractivity contribution in [1.29, 1.82) is 0 Å². The van der Waals surface area contributed by atoms with Crippen LogP contribution in [0.2, 0.25) is 0 Å². The molecule has 3 heterocycles. The van der Waals surface area contributed by atoms with Gasteiger partial charge < -0.3 is 9.72 Å². The number of fused-ring (bicyclic) bond motifs is 2. The molecule has 7 nitrogen and oxygen atoms in total. The second-order valence-electron chi connectivity index (χ2n) is 6.78. The third-order valence-electron chi connectivity index (χ3n) is 4.06. The minimum atomic E-state index is -3.80. The van der Waals surface area contributed by atoms with Crippen molar-refractivity contribution >= 4 is 26.6 Å². The van der Waals surface area contributed by atoms with Crippen LogP contribution in [0, 0.1) is 5.41 Å². The summed E-state index contributed by atoms with van der Waals surface area (Å²) in [4.78, 5) is 3.11. The fourth-order valence-electron chi connectivity index (χ4n) is 2.88. The summed E-state index contributed by atoms with van der Waals surface area (Å²) < 4.78 is 35.5. The van der Waals surface area contributed by atoms with E-state index in [1.807, 2.05) is 12.1 Å². The molecule has 0 fully saturated rings. The van der Waals surface area contributed by atoms with Crippen molar-refractivity contribution in [2.24, 2.45) is 5.41 Å². The van der Waals surface area contributed by atoms with E-state index < -0.39 is 10.0 Å². The third kappa shape index (κ3) is 2.43. The lowest BCUT2D eigenvalue weighted by Crippen LogP contribution is -2.33. The number of para-hydroxylation sites is 1. The van der Waals surface area contributed by atoms with Gasteiger partial charge in [0.25, 0.3) is 10.0 Å². The first-order valence-corrected chi connectivity index (χ1v) is 9.12. The zero-order valence-electron chi connectivity index (χ0n) is 13.4. The van der Waals surface area contributed by atoms with Gasteiger partial charge in [-0.15, -0.1) is 0 Å². The van der Waals surface area contributed by atoms with E-state index in [-0.39, 0.29) is 10.3 Å². The van der Waals surface area contributed by atoms with E-state index in [4.69, 9.17) is 4.74 Å². The highest BCUT2D eigenvalue weighted by Crippen LogP contribution is 2.34. The van der Waals surface area contributed by atoms with Crippen molar-refractivity contribution in [2.45, 2.75) is 25.3 Å². The molecule has 0 unspecified atom stereocenters. The molecule has 1 aliphatic heterocycles. The standard InChI is InChI=1S/C16H18N4O3S/c1-16(2)9-20-15(23-10-16)13(8-18-20)24(21,22)19-12-5-3-4-11-6-7-17-14(11)12/h3-8,17,19H,9-10H2,1-2H3. The molecule has 0 atom stereocenters. The molecule has 0 radical (unpaired) electrons. The average Bonchev–Trinajstić information content (AvgIpc) is 3.12. The molecule has 1 aliphatic rings. The molecular formula is C16H18N4O3S. The average molecular weight is 346 g/mol. The number of rotatable bonds is 3. The Bertz CT molecular complexity index is 1020. The van der Waals surface area contributed by atoms with Gasteiger partial charge in [0.2, 0.25) is 5.88 Å². The molecular weight excluding hydrogens is 328 g/mol. The lowest BCUT2D eigenvalue weighted by molar-refractivity contribution is 0.0971. The molecule has 0 aliphatic carbocycles. The van der Waals surface area contributed by atoms with Gasteiger partial charge in [-0.05, 0) is 12.1 Å². The number of hydrogen-bond acceptors (Lipinski definition) is 4. The monoisotopic (exact) mass is 346 g/mol. The zero-order chi connectivity index (χ0) is 16.9. The Morgan fingerprint density at radius 1 is 1.33 bits per heavy atom. The van der Waals surface area contributed by atoms with E-state index in [1.54, 1.807) is 23.0 Å². The Balaban J connectivity index is 1.72. The zero-order valence-corrected chi connectivity index (χ0v) is 14.2. The summed E-state index contributed by atoms with van der Waals surface area (Å²) in [5.74, 6) is 0.292. The summed E-state index contributed by atoms with van der Waals surface area (Å²) in [6.45, 7) is 5.17. The Labute approximate surface area is 139 Å². The number of benzene rings is 1. The molecule has 0 spiro atoms. The third-order valence-corrected chi connectivity index (χ3v) is 5.41.